The van der Waals surface area contributed by atoms with Gasteiger partial charge in [-0.2, -0.15) is 0 Å². The standard InChI is InChI=1S/C12H20/c1-12(2)10-6-7-11(12)9-5-3-4-8(9)10/h8-11H,3-7H2,1-2H3/t8-,9-,10-,11+/m0/s1. The summed E-state index contributed by atoms with van der Waals surface area (Å²) in [6.45, 7) is 5.07. The van der Waals surface area contributed by atoms with E-state index in [1.165, 1.54) is 0 Å². The average Bonchev–Trinajstić information content (AvgIpc) is 2.60. The first kappa shape index (κ1) is 7.41. The molecule has 0 aliphatic heterocycles. The molecule has 0 aromatic rings. The summed E-state index contributed by atoms with van der Waals surface area (Å²) in [5, 5.41) is 0. The molecule has 3 fully saturated rings. The van der Waals surface area contributed by atoms with E-state index in [9.17, 15) is 0 Å². The Morgan fingerprint density at radius 3 is 1.83 bits per heavy atom. The van der Waals surface area contributed by atoms with Crippen molar-refractivity contribution in [1.29, 1.82) is 0 Å². The molecule has 3 rings (SSSR count). The highest BCUT2D eigenvalue weighted by atomic mass is 14.6. The van der Waals surface area contributed by atoms with Crippen LogP contribution >= 0.6 is 0 Å². The van der Waals surface area contributed by atoms with Crippen LogP contribution in [0.5, 0.6) is 0 Å². The molecule has 0 aromatic heterocycles. The monoisotopic (exact) mass is 164 g/mol. The second-order valence-corrected chi connectivity index (χ2v) is 5.87. The van der Waals surface area contributed by atoms with Gasteiger partial charge in [0.15, 0.2) is 0 Å². The van der Waals surface area contributed by atoms with Gasteiger partial charge < -0.3 is 0 Å². The number of hydrogen-bond acceptors (Lipinski definition) is 0. The molecule has 0 nitrogen and oxygen atoms in total. The first-order valence-corrected chi connectivity index (χ1v) is 5.71. The van der Waals surface area contributed by atoms with Crippen LogP contribution in [0.4, 0.5) is 0 Å². The molecule has 0 spiro atoms. The Balaban J connectivity index is 1.99. The fraction of sp³-hybridized carbons (Fsp3) is 1.00. The molecule has 0 N–H and O–H groups in total. The van der Waals surface area contributed by atoms with Crippen LogP contribution in [0.3, 0.4) is 0 Å². The second kappa shape index (κ2) is 2.08. The van der Waals surface area contributed by atoms with Gasteiger partial charge >= 0.3 is 0 Å². The van der Waals surface area contributed by atoms with E-state index in [1.807, 2.05) is 0 Å². The number of fused-ring (bicyclic) bond motifs is 5. The molecule has 3 aliphatic carbocycles. The zero-order valence-corrected chi connectivity index (χ0v) is 8.34. The van der Waals surface area contributed by atoms with E-state index >= 15 is 0 Å². The Morgan fingerprint density at radius 1 is 0.833 bits per heavy atom. The number of hydrogen-bond donors (Lipinski definition) is 0. The summed E-state index contributed by atoms with van der Waals surface area (Å²) in [6.07, 6.45) is 7.78. The lowest BCUT2D eigenvalue weighted by Crippen LogP contribution is -2.19. The smallest absolute Gasteiger partial charge is 0.0292 e. The van der Waals surface area contributed by atoms with Crippen molar-refractivity contribution in [2.24, 2.45) is 29.1 Å². The minimum absolute atomic E-state index is 0.718. The van der Waals surface area contributed by atoms with Gasteiger partial charge in [0.2, 0.25) is 0 Å². The van der Waals surface area contributed by atoms with Gasteiger partial charge in [-0.3, -0.25) is 0 Å². The van der Waals surface area contributed by atoms with E-state index in [1.54, 1.807) is 32.1 Å². The third-order valence-electron chi connectivity index (χ3n) is 5.36. The maximum atomic E-state index is 2.54. The molecular formula is C12H20. The van der Waals surface area contributed by atoms with E-state index < -0.39 is 0 Å². The van der Waals surface area contributed by atoms with E-state index in [0.717, 1.165) is 29.1 Å². The summed E-state index contributed by atoms with van der Waals surface area (Å²) in [6, 6.07) is 0. The van der Waals surface area contributed by atoms with Crippen LogP contribution in [0.2, 0.25) is 0 Å². The SMILES string of the molecule is CC1(C)[C@@H]2CC[C@H]1[C@H]1CCC[C@@H]12. The minimum atomic E-state index is 0.718. The molecule has 0 heteroatoms. The van der Waals surface area contributed by atoms with Crippen LogP contribution in [-0.2, 0) is 0 Å². The van der Waals surface area contributed by atoms with E-state index in [2.05, 4.69) is 13.8 Å². The first-order chi connectivity index (χ1) is 5.71. The average molecular weight is 164 g/mol. The summed E-state index contributed by atoms with van der Waals surface area (Å²) in [4.78, 5) is 0. The van der Waals surface area contributed by atoms with Gasteiger partial charge in [-0.15, -0.1) is 0 Å². The van der Waals surface area contributed by atoms with Gasteiger partial charge in [-0.1, -0.05) is 20.3 Å². The van der Waals surface area contributed by atoms with E-state index in [-0.39, 0.29) is 0 Å². The normalized spacial score (nSPS) is 54.5. The van der Waals surface area contributed by atoms with Crippen LogP contribution in [0, 0.1) is 29.1 Å². The summed E-state index contributed by atoms with van der Waals surface area (Å²) in [5.41, 5.74) is 0.718. The van der Waals surface area contributed by atoms with E-state index in [0.29, 0.717) is 0 Å². The molecule has 0 heterocycles. The minimum Gasteiger partial charge on any atom is -0.0594 e. The van der Waals surface area contributed by atoms with Gasteiger partial charge in [-0.05, 0) is 54.8 Å². The van der Waals surface area contributed by atoms with Gasteiger partial charge in [0, 0.05) is 0 Å². The van der Waals surface area contributed by atoms with Crippen LogP contribution in [-0.4, -0.2) is 0 Å². The van der Waals surface area contributed by atoms with Gasteiger partial charge in [0.25, 0.3) is 0 Å². The number of rotatable bonds is 0. The molecule has 2 bridgehead atoms. The van der Waals surface area contributed by atoms with Crippen molar-refractivity contribution in [2.45, 2.75) is 46.0 Å². The Kier molecular flexibility index (Phi) is 1.28. The summed E-state index contributed by atoms with van der Waals surface area (Å²) < 4.78 is 0. The zero-order chi connectivity index (χ0) is 8.34. The van der Waals surface area contributed by atoms with Crippen molar-refractivity contribution in [3.8, 4) is 0 Å². The second-order valence-electron chi connectivity index (χ2n) is 5.87. The van der Waals surface area contributed by atoms with Crippen molar-refractivity contribution in [3.63, 3.8) is 0 Å². The molecule has 3 aliphatic rings. The fourth-order valence-electron chi connectivity index (χ4n) is 4.93. The van der Waals surface area contributed by atoms with Crippen LogP contribution < -0.4 is 0 Å². The van der Waals surface area contributed by atoms with Gasteiger partial charge in [-0.25, -0.2) is 0 Å². The Hall–Kier alpha value is 0. The van der Waals surface area contributed by atoms with Crippen molar-refractivity contribution in [2.75, 3.05) is 0 Å². The highest BCUT2D eigenvalue weighted by molar-refractivity contribution is 5.08. The van der Waals surface area contributed by atoms with Gasteiger partial charge in [0.1, 0.15) is 0 Å². The van der Waals surface area contributed by atoms with Crippen molar-refractivity contribution in [1.82, 2.24) is 0 Å². The zero-order valence-electron chi connectivity index (χ0n) is 8.34. The lowest BCUT2D eigenvalue weighted by molar-refractivity contribution is 0.226. The largest absolute Gasteiger partial charge is 0.0594 e. The molecule has 68 valence electrons. The summed E-state index contributed by atoms with van der Waals surface area (Å²) >= 11 is 0. The van der Waals surface area contributed by atoms with Crippen LogP contribution in [0.15, 0.2) is 0 Å². The highest BCUT2D eigenvalue weighted by Crippen LogP contribution is 2.67. The van der Waals surface area contributed by atoms with Crippen molar-refractivity contribution < 1.29 is 0 Å². The molecule has 0 radical (unpaired) electrons. The Bertz CT molecular complexity index is 184. The van der Waals surface area contributed by atoms with Crippen LogP contribution in [0.1, 0.15) is 46.0 Å². The molecule has 12 heavy (non-hydrogen) atoms. The van der Waals surface area contributed by atoms with Crippen molar-refractivity contribution in [3.05, 3.63) is 0 Å². The third kappa shape index (κ3) is 0.661. The predicted molar refractivity (Wildman–Crippen MR) is 50.8 cm³/mol. The van der Waals surface area contributed by atoms with Crippen LogP contribution in [0.25, 0.3) is 0 Å². The predicted octanol–water partition coefficient (Wildman–Crippen LogP) is 3.47. The van der Waals surface area contributed by atoms with Gasteiger partial charge in [0.05, 0.1) is 0 Å². The Labute approximate surface area is 75.7 Å². The van der Waals surface area contributed by atoms with E-state index in [4.69, 9.17) is 0 Å². The Morgan fingerprint density at radius 2 is 1.33 bits per heavy atom. The molecule has 3 saturated carbocycles. The first-order valence-electron chi connectivity index (χ1n) is 5.71. The lowest BCUT2D eigenvalue weighted by atomic mass is 9.79. The third-order valence-corrected chi connectivity index (χ3v) is 5.36. The topological polar surface area (TPSA) is 0 Å². The maximum Gasteiger partial charge on any atom is -0.0292 e. The summed E-state index contributed by atoms with van der Waals surface area (Å²) in [5.74, 6) is 4.52. The molecular weight excluding hydrogens is 144 g/mol. The summed E-state index contributed by atoms with van der Waals surface area (Å²) in [7, 11) is 0. The fourth-order valence-corrected chi connectivity index (χ4v) is 4.93. The maximum absolute atomic E-state index is 2.54. The molecule has 4 atom stereocenters. The molecule has 0 aromatic carbocycles. The molecule has 0 unspecified atom stereocenters. The lowest BCUT2D eigenvalue weighted by Gasteiger charge is -2.26. The van der Waals surface area contributed by atoms with Crippen molar-refractivity contribution >= 4 is 0 Å². The quantitative estimate of drug-likeness (QED) is 0.514. The molecule has 0 saturated heterocycles. The molecule has 0 amide bonds. The highest BCUT2D eigenvalue weighted by Gasteiger charge is 2.59.